The third-order valence-electron chi connectivity index (χ3n) is 6.50. The van der Waals surface area contributed by atoms with Crippen LogP contribution in [0.4, 0.5) is 0 Å². The fourth-order valence-corrected chi connectivity index (χ4v) is 4.93. The summed E-state index contributed by atoms with van der Waals surface area (Å²) < 4.78 is 0. The third kappa shape index (κ3) is 12.4. The summed E-state index contributed by atoms with van der Waals surface area (Å²) in [5.41, 5.74) is 12.3. The van der Waals surface area contributed by atoms with Crippen LogP contribution in [0.25, 0.3) is 11.0 Å². The van der Waals surface area contributed by atoms with Crippen molar-refractivity contribution < 1.29 is 4.79 Å². The lowest BCUT2D eigenvalue weighted by Crippen LogP contribution is -2.29. The number of aliphatic imine (C=N–C) groups is 1. The van der Waals surface area contributed by atoms with Gasteiger partial charge in [-0.05, 0) is 87.1 Å². The summed E-state index contributed by atoms with van der Waals surface area (Å²) >= 11 is 12.3. The predicted octanol–water partition coefficient (Wildman–Crippen LogP) is 9.10. The molecule has 2 aromatic carbocycles. The van der Waals surface area contributed by atoms with Gasteiger partial charge in [0.25, 0.3) is 0 Å². The monoisotopic (exact) mass is 633 g/mol. The zero-order chi connectivity index (χ0) is 32.5. The average Bonchev–Trinajstić information content (AvgIpc) is 3.37. The minimum Gasteiger partial charge on any atom is -0.390 e. The highest BCUT2D eigenvalue weighted by Crippen LogP contribution is 2.27. The Morgan fingerprint density at radius 2 is 1.91 bits per heavy atom. The number of benzene rings is 2. The molecule has 8 heteroatoms. The Morgan fingerprint density at radius 3 is 2.50 bits per heavy atom. The standard InChI is InChI=1S/C30H29Cl2N3O.C3H8N2.C3H8/c1-4-5-6-22(13-20(2)7-8-24-9-11-26(31)16-27(24)32)14-23-17-35(18-23)19-30-33-28-12-10-25(21(3)36)15-29(28)34-30;1-2-5-3-4;1-3-2/h1,6,9-13,15-17H,5,7-8,14,18-19H2,2-3H3,(H,33,34);3H,2H2,1H3,(H2,4,5);3H2,1-2H3/b20-13+,22-6+;;. The molecule has 44 heavy (non-hydrogen) atoms. The normalized spacial score (nSPS) is 13.0. The number of carbonyl (C=O) groups excluding carboxylic acids is 1. The lowest BCUT2D eigenvalue weighted by atomic mass is 9.97. The van der Waals surface area contributed by atoms with E-state index in [1.807, 2.05) is 37.3 Å². The molecule has 0 aliphatic carbocycles. The topological polar surface area (TPSA) is 87.4 Å². The summed E-state index contributed by atoms with van der Waals surface area (Å²) in [7, 11) is 0. The van der Waals surface area contributed by atoms with E-state index in [1.165, 1.54) is 29.5 Å². The maximum Gasteiger partial charge on any atom is 0.159 e. The number of nitrogens with one attached hydrogen (secondary N) is 1. The summed E-state index contributed by atoms with van der Waals surface area (Å²) in [5, 5.41) is 1.36. The van der Waals surface area contributed by atoms with Crippen LogP contribution in [0.3, 0.4) is 0 Å². The molecule has 0 radical (unpaired) electrons. The fraction of sp³-hybridized carbons (Fsp3) is 0.361. The van der Waals surface area contributed by atoms with Crippen LogP contribution in [0, 0.1) is 12.3 Å². The molecule has 1 aromatic heterocycles. The molecular weight excluding hydrogens is 589 g/mol. The number of rotatable bonds is 11. The fourth-order valence-electron chi connectivity index (χ4n) is 4.43. The van der Waals surface area contributed by atoms with Crippen LogP contribution < -0.4 is 5.73 Å². The van der Waals surface area contributed by atoms with Gasteiger partial charge in [0.05, 0.1) is 23.9 Å². The predicted molar refractivity (Wildman–Crippen MR) is 188 cm³/mol. The quantitative estimate of drug-likeness (QED) is 0.0724. The zero-order valence-electron chi connectivity index (χ0n) is 26.6. The molecule has 1 aliphatic heterocycles. The third-order valence-corrected chi connectivity index (χ3v) is 7.09. The molecule has 0 fully saturated rings. The van der Waals surface area contributed by atoms with E-state index in [4.69, 9.17) is 35.4 Å². The van der Waals surface area contributed by atoms with E-state index in [0.29, 0.717) is 28.6 Å². The number of H-pyrrole nitrogens is 1. The molecule has 0 bridgehead atoms. The number of aromatic nitrogens is 2. The molecule has 0 amide bonds. The molecule has 3 aromatic rings. The van der Waals surface area contributed by atoms with Crippen LogP contribution in [0.5, 0.6) is 0 Å². The van der Waals surface area contributed by atoms with Gasteiger partial charge in [-0.1, -0.05) is 67.3 Å². The Morgan fingerprint density at radius 1 is 1.18 bits per heavy atom. The van der Waals surface area contributed by atoms with E-state index < -0.39 is 0 Å². The number of aromatic amines is 1. The maximum atomic E-state index is 11.6. The van der Waals surface area contributed by atoms with Gasteiger partial charge in [-0.15, -0.1) is 12.3 Å². The number of halogens is 2. The summed E-state index contributed by atoms with van der Waals surface area (Å²) in [6, 6.07) is 11.2. The van der Waals surface area contributed by atoms with Crippen molar-refractivity contribution in [3.8, 4) is 12.3 Å². The van der Waals surface area contributed by atoms with Crippen LogP contribution >= 0.6 is 23.2 Å². The number of nitrogens with two attached hydrogens (primary N) is 1. The number of aryl methyl sites for hydroxylation is 1. The van der Waals surface area contributed by atoms with Crippen molar-refractivity contribution in [2.75, 3.05) is 13.1 Å². The van der Waals surface area contributed by atoms with Gasteiger partial charge in [0.15, 0.2) is 5.78 Å². The van der Waals surface area contributed by atoms with Crippen molar-refractivity contribution in [3.63, 3.8) is 0 Å². The number of carbonyl (C=O) groups is 1. The first-order valence-electron chi connectivity index (χ1n) is 15.0. The van der Waals surface area contributed by atoms with Gasteiger partial charge in [0.1, 0.15) is 5.82 Å². The number of allylic oxidation sites excluding steroid dienone is 4. The lowest BCUT2D eigenvalue weighted by molar-refractivity contribution is 0.101. The van der Waals surface area contributed by atoms with Gasteiger partial charge in [-0.3, -0.25) is 9.79 Å². The van der Waals surface area contributed by atoms with Crippen LogP contribution in [0.1, 0.15) is 82.0 Å². The highest BCUT2D eigenvalue weighted by Gasteiger charge is 2.18. The van der Waals surface area contributed by atoms with E-state index in [0.717, 1.165) is 54.8 Å². The van der Waals surface area contributed by atoms with Gasteiger partial charge < -0.3 is 15.6 Å². The Hall–Kier alpha value is -3.79. The Labute approximate surface area is 273 Å². The van der Waals surface area contributed by atoms with E-state index >= 15 is 0 Å². The smallest absolute Gasteiger partial charge is 0.159 e. The van der Waals surface area contributed by atoms with Crippen molar-refractivity contribution in [2.45, 2.75) is 73.3 Å². The van der Waals surface area contributed by atoms with Crippen molar-refractivity contribution in [1.82, 2.24) is 14.9 Å². The Kier molecular flexibility index (Phi) is 16.1. The number of imidazole rings is 1. The Bertz CT molecular complexity index is 1540. The van der Waals surface area contributed by atoms with Crippen molar-refractivity contribution in [1.29, 1.82) is 0 Å². The van der Waals surface area contributed by atoms with Crippen LogP contribution in [0.2, 0.25) is 10.0 Å². The first-order valence-corrected chi connectivity index (χ1v) is 15.8. The SMILES string of the molecule is C#CC/C=C(\C=C(/C)CCc1ccc(Cl)cc1Cl)CC1=CN(Cc2nc3ccc(C(C)=O)cc3[nH]2)C1.CCC.CCN=CN. The lowest BCUT2D eigenvalue weighted by Gasteiger charge is -2.31. The van der Waals surface area contributed by atoms with Gasteiger partial charge in [0, 0.05) is 41.3 Å². The molecule has 0 saturated carbocycles. The molecule has 0 saturated heterocycles. The van der Waals surface area contributed by atoms with Crippen molar-refractivity contribution in [2.24, 2.45) is 10.7 Å². The van der Waals surface area contributed by atoms with Gasteiger partial charge in [-0.2, -0.15) is 0 Å². The molecular formula is C36H45Cl2N5O. The number of Topliss-reactive ketones (excluding diaryl/α,β-unsaturated/α-hetero) is 1. The first-order chi connectivity index (χ1) is 21.1. The summed E-state index contributed by atoms with van der Waals surface area (Å²) in [6.45, 7) is 12.3. The Balaban J connectivity index is 0.000000754. The van der Waals surface area contributed by atoms with Gasteiger partial charge >= 0.3 is 0 Å². The van der Waals surface area contributed by atoms with E-state index in [2.05, 4.69) is 64.9 Å². The first kappa shape index (κ1) is 36.4. The summed E-state index contributed by atoms with van der Waals surface area (Å²) in [4.78, 5) is 25.5. The second-order valence-electron chi connectivity index (χ2n) is 10.6. The van der Waals surface area contributed by atoms with Crippen molar-refractivity contribution >= 4 is 46.4 Å². The molecule has 3 N–H and O–H groups in total. The molecule has 2 heterocycles. The number of hydrogen-bond donors (Lipinski definition) is 2. The van der Waals surface area contributed by atoms with E-state index in [1.54, 1.807) is 13.0 Å². The molecule has 0 atom stereocenters. The number of ketones is 1. The number of terminal acetylenes is 1. The number of fused-ring (bicyclic) bond motifs is 1. The summed E-state index contributed by atoms with van der Waals surface area (Å²) in [5.74, 6) is 3.66. The summed E-state index contributed by atoms with van der Waals surface area (Å²) in [6.07, 6.45) is 17.9. The molecule has 6 nitrogen and oxygen atoms in total. The van der Waals surface area contributed by atoms with Crippen LogP contribution in [-0.2, 0) is 13.0 Å². The number of hydrogen-bond acceptors (Lipinski definition) is 4. The molecule has 1 aliphatic rings. The molecule has 0 spiro atoms. The molecule has 0 unspecified atom stereocenters. The average molecular weight is 635 g/mol. The molecule has 234 valence electrons. The van der Waals surface area contributed by atoms with Crippen LogP contribution in [0.15, 0.2) is 76.5 Å². The van der Waals surface area contributed by atoms with Gasteiger partial charge in [0.2, 0.25) is 0 Å². The largest absolute Gasteiger partial charge is 0.390 e. The molecule has 4 rings (SSSR count). The minimum atomic E-state index is 0.0510. The highest BCUT2D eigenvalue weighted by molar-refractivity contribution is 6.35. The van der Waals surface area contributed by atoms with E-state index in [9.17, 15) is 4.79 Å². The minimum absolute atomic E-state index is 0.0510. The second-order valence-corrected chi connectivity index (χ2v) is 11.5. The van der Waals surface area contributed by atoms with Crippen molar-refractivity contribution in [3.05, 3.63) is 98.5 Å². The van der Waals surface area contributed by atoms with Crippen LogP contribution in [-0.4, -0.2) is 40.1 Å². The maximum absolute atomic E-state index is 11.6. The van der Waals surface area contributed by atoms with Gasteiger partial charge in [-0.25, -0.2) is 4.98 Å². The second kappa shape index (κ2) is 19.5. The highest BCUT2D eigenvalue weighted by atomic mass is 35.5. The number of nitrogens with zero attached hydrogens (tertiary/aromatic N) is 3. The van der Waals surface area contributed by atoms with E-state index in [-0.39, 0.29) is 5.78 Å². The zero-order valence-corrected chi connectivity index (χ0v) is 28.1.